The van der Waals surface area contributed by atoms with Gasteiger partial charge in [-0.1, -0.05) is 20.3 Å². The number of amides is 2. The van der Waals surface area contributed by atoms with Gasteiger partial charge in [-0.2, -0.15) is 0 Å². The number of aliphatic carboxylic acids is 1. The maximum Gasteiger partial charge on any atom is 0.328 e. The molecule has 22 heavy (non-hydrogen) atoms. The normalized spacial score (nSPS) is 12.8. The van der Waals surface area contributed by atoms with E-state index < -0.39 is 12.0 Å². The van der Waals surface area contributed by atoms with E-state index in [2.05, 4.69) is 15.6 Å². The molecule has 5 N–H and O–H groups in total. The van der Waals surface area contributed by atoms with Crippen molar-refractivity contribution < 1.29 is 19.5 Å². The Morgan fingerprint density at radius 1 is 1.18 bits per heavy atom. The quantitative estimate of drug-likeness (QED) is 0.274. The number of hydrogen-bond acceptors (Lipinski definition) is 4. The van der Waals surface area contributed by atoms with Gasteiger partial charge in [0.15, 0.2) is 12.0 Å². The van der Waals surface area contributed by atoms with Crippen LogP contribution in [0.5, 0.6) is 0 Å². The van der Waals surface area contributed by atoms with Gasteiger partial charge in [0, 0.05) is 19.9 Å². The summed E-state index contributed by atoms with van der Waals surface area (Å²) >= 11 is 0. The molecule has 0 unspecified atom stereocenters. The van der Waals surface area contributed by atoms with Crippen LogP contribution in [0.15, 0.2) is 4.99 Å². The summed E-state index contributed by atoms with van der Waals surface area (Å²) in [4.78, 5) is 37.1. The van der Waals surface area contributed by atoms with Crippen LogP contribution >= 0.6 is 0 Å². The molecule has 0 heterocycles. The van der Waals surface area contributed by atoms with E-state index in [0.717, 1.165) is 12.8 Å². The lowest BCUT2D eigenvalue weighted by molar-refractivity contribution is -0.139. The van der Waals surface area contributed by atoms with Crippen molar-refractivity contribution in [2.75, 3.05) is 6.54 Å². The Hall–Kier alpha value is -2.12. The van der Waals surface area contributed by atoms with Gasteiger partial charge in [-0.05, 0) is 18.8 Å². The highest BCUT2D eigenvalue weighted by Crippen LogP contribution is 2.06. The molecule has 1 atom stereocenters. The van der Waals surface area contributed by atoms with E-state index in [1.807, 2.05) is 0 Å². The summed E-state index contributed by atoms with van der Waals surface area (Å²) in [6.07, 6.45) is 2.53. The maximum atomic E-state index is 11.6. The maximum absolute atomic E-state index is 11.6. The molecule has 0 aliphatic heterocycles. The molecule has 0 radical (unpaired) electrons. The fourth-order valence-electron chi connectivity index (χ4n) is 1.73. The van der Waals surface area contributed by atoms with Gasteiger partial charge in [0.05, 0.1) is 0 Å². The van der Waals surface area contributed by atoms with Crippen LogP contribution in [0.25, 0.3) is 0 Å². The lowest BCUT2D eigenvalue weighted by Gasteiger charge is -2.12. The number of nitrogens with one attached hydrogen (secondary N) is 2. The molecule has 0 rings (SSSR count). The van der Waals surface area contributed by atoms with Crippen molar-refractivity contribution in [3.63, 3.8) is 0 Å². The van der Waals surface area contributed by atoms with Gasteiger partial charge in [0.2, 0.25) is 11.8 Å². The Morgan fingerprint density at radius 2 is 1.82 bits per heavy atom. The van der Waals surface area contributed by atoms with Crippen LogP contribution in [-0.4, -0.2) is 41.4 Å². The van der Waals surface area contributed by atoms with E-state index in [1.54, 1.807) is 13.8 Å². The SMILES string of the molecule is CC(=O)NCCCCCC(=O)NC(N)=N[C@H](C(=O)O)C(C)C. The second-order valence-electron chi connectivity index (χ2n) is 5.38. The molecule has 0 aliphatic rings. The number of nitrogens with two attached hydrogens (primary N) is 1. The molecule has 0 aromatic rings. The third kappa shape index (κ3) is 9.73. The molecule has 0 saturated heterocycles. The van der Waals surface area contributed by atoms with E-state index in [1.165, 1.54) is 6.92 Å². The van der Waals surface area contributed by atoms with Crippen LogP contribution in [0, 0.1) is 5.92 Å². The predicted octanol–water partition coefficient (Wildman–Crippen LogP) is 0.223. The summed E-state index contributed by atoms with van der Waals surface area (Å²) in [5.74, 6) is -1.84. The van der Waals surface area contributed by atoms with Crippen molar-refractivity contribution in [2.45, 2.75) is 52.5 Å². The van der Waals surface area contributed by atoms with Gasteiger partial charge < -0.3 is 16.2 Å². The predicted molar refractivity (Wildman–Crippen MR) is 83.2 cm³/mol. The van der Waals surface area contributed by atoms with Crippen LogP contribution in [0.4, 0.5) is 0 Å². The smallest absolute Gasteiger partial charge is 0.328 e. The third-order valence-electron chi connectivity index (χ3n) is 2.88. The highest BCUT2D eigenvalue weighted by Gasteiger charge is 2.21. The molecule has 0 saturated carbocycles. The first kappa shape index (κ1) is 19.9. The van der Waals surface area contributed by atoms with Crippen molar-refractivity contribution in [1.29, 1.82) is 0 Å². The summed E-state index contributed by atoms with van der Waals surface area (Å²) in [5.41, 5.74) is 5.54. The first-order valence-electron chi connectivity index (χ1n) is 7.34. The fraction of sp³-hybridized carbons (Fsp3) is 0.714. The number of carboxylic acids is 1. The Bertz CT molecular complexity index is 421. The Balaban J connectivity index is 4.04. The van der Waals surface area contributed by atoms with Gasteiger partial charge in [-0.15, -0.1) is 0 Å². The van der Waals surface area contributed by atoms with E-state index in [0.29, 0.717) is 13.0 Å². The zero-order chi connectivity index (χ0) is 17.1. The van der Waals surface area contributed by atoms with E-state index in [9.17, 15) is 14.4 Å². The topological polar surface area (TPSA) is 134 Å². The zero-order valence-electron chi connectivity index (χ0n) is 13.4. The molecule has 0 aliphatic carbocycles. The molecule has 8 nitrogen and oxygen atoms in total. The van der Waals surface area contributed by atoms with Crippen molar-refractivity contribution in [2.24, 2.45) is 16.6 Å². The van der Waals surface area contributed by atoms with Crippen LogP contribution in [0.3, 0.4) is 0 Å². The summed E-state index contributed by atoms with van der Waals surface area (Å²) in [5, 5.41) is 14.0. The van der Waals surface area contributed by atoms with Gasteiger partial charge in [-0.3, -0.25) is 14.9 Å². The molecule has 8 heteroatoms. The van der Waals surface area contributed by atoms with E-state index in [-0.39, 0.29) is 30.1 Å². The first-order chi connectivity index (χ1) is 10.2. The molecular weight excluding hydrogens is 288 g/mol. The molecule has 0 aromatic heterocycles. The van der Waals surface area contributed by atoms with Crippen LogP contribution in [0.2, 0.25) is 0 Å². The summed E-state index contributed by atoms with van der Waals surface area (Å²) in [7, 11) is 0. The van der Waals surface area contributed by atoms with Crippen molar-refractivity contribution in [3.05, 3.63) is 0 Å². The van der Waals surface area contributed by atoms with E-state index in [4.69, 9.17) is 10.8 Å². The second kappa shape index (κ2) is 10.6. The van der Waals surface area contributed by atoms with Crippen LogP contribution < -0.4 is 16.4 Å². The number of hydrogen-bond donors (Lipinski definition) is 4. The monoisotopic (exact) mass is 314 g/mol. The standard InChI is InChI=1S/C14H26N4O4/c1-9(2)12(13(21)22)18-14(15)17-11(20)7-5-4-6-8-16-10(3)19/h9,12H,4-8H2,1-3H3,(H,16,19)(H,21,22)(H3,15,17,18,20)/t12-/m0/s1. The van der Waals surface area contributed by atoms with Gasteiger partial charge >= 0.3 is 5.97 Å². The van der Waals surface area contributed by atoms with Crippen LogP contribution in [-0.2, 0) is 14.4 Å². The third-order valence-corrected chi connectivity index (χ3v) is 2.88. The highest BCUT2D eigenvalue weighted by atomic mass is 16.4. The minimum absolute atomic E-state index is 0.0696. The summed E-state index contributed by atoms with van der Waals surface area (Å²) < 4.78 is 0. The molecular formula is C14H26N4O4. The van der Waals surface area contributed by atoms with Crippen molar-refractivity contribution in [1.82, 2.24) is 10.6 Å². The average molecular weight is 314 g/mol. The number of carboxylic acid groups (broad SMARTS) is 1. The Kier molecular flexibility index (Phi) is 9.56. The number of unbranched alkanes of at least 4 members (excludes halogenated alkanes) is 2. The Labute approximate surface area is 130 Å². The van der Waals surface area contributed by atoms with Gasteiger partial charge in [0.25, 0.3) is 0 Å². The molecule has 0 aromatic carbocycles. The fourth-order valence-corrected chi connectivity index (χ4v) is 1.73. The highest BCUT2D eigenvalue weighted by molar-refractivity contribution is 5.97. The van der Waals surface area contributed by atoms with Gasteiger partial charge in [-0.25, -0.2) is 9.79 Å². The molecule has 0 bridgehead atoms. The van der Waals surface area contributed by atoms with Crippen molar-refractivity contribution in [3.8, 4) is 0 Å². The number of carbonyl (C=O) groups excluding carboxylic acids is 2. The molecule has 0 spiro atoms. The summed E-state index contributed by atoms with van der Waals surface area (Å²) in [6.45, 7) is 5.48. The molecule has 2 amide bonds. The Morgan fingerprint density at radius 3 is 2.32 bits per heavy atom. The van der Waals surface area contributed by atoms with Crippen molar-refractivity contribution >= 4 is 23.7 Å². The number of guanidine groups is 1. The lowest BCUT2D eigenvalue weighted by atomic mass is 10.1. The number of carbonyl (C=O) groups is 3. The summed E-state index contributed by atoms with van der Waals surface area (Å²) in [6, 6.07) is -0.974. The molecule has 126 valence electrons. The van der Waals surface area contributed by atoms with Gasteiger partial charge in [0.1, 0.15) is 0 Å². The lowest BCUT2D eigenvalue weighted by Crippen LogP contribution is -2.39. The first-order valence-corrected chi connectivity index (χ1v) is 7.34. The number of rotatable bonds is 9. The van der Waals surface area contributed by atoms with Crippen LogP contribution in [0.1, 0.15) is 46.5 Å². The average Bonchev–Trinajstić information content (AvgIpc) is 2.38. The van der Waals surface area contributed by atoms with E-state index >= 15 is 0 Å². The second-order valence-corrected chi connectivity index (χ2v) is 5.38. The molecule has 0 fully saturated rings. The zero-order valence-corrected chi connectivity index (χ0v) is 13.4. The minimum Gasteiger partial charge on any atom is -0.480 e. The minimum atomic E-state index is -1.08. The number of aliphatic imine (C=N–C) groups is 1. The largest absolute Gasteiger partial charge is 0.480 e. The number of nitrogens with zero attached hydrogens (tertiary/aromatic N) is 1.